The van der Waals surface area contributed by atoms with E-state index in [4.69, 9.17) is 5.11 Å². The van der Waals surface area contributed by atoms with Crippen LogP contribution in [0.5, 0.6) is 0 Å². The molecular formula is C9H5BrF2O2. The first kappa shape index (κ1) is 10.8. The zero-order valence-electron chi connectivity index (χ0n) is 6.85. The van der Waals surface area contributed by atoms with Gasteiger partial charge in [0.15, 0.2) is 0 Å². The summed E-state index contributed by atoms with van der Waals surface area (Å²) in [5.41, 5.74) is -0.644. The van der Waals surface area contributed by atoms with Crippen LogP contribution in [0.15, 0.2) is 23.2 Å². The molecule has 0 aliphatic carbocycles. The molecular weight excluding hydrogens is 258 g/mol. The third-order valence-corrected chi connectivity index (χ3v) is 2.35. The maximum atomic E-state index is 13.3. The van der Waals surface area contributed by atoms with Crippen LogP contribution < -0.4 is 0 Å². The second kappa shape index (κ2) is 3.88. The molecule has 0 aliphatic rings. The zero-order valence-corrected chi connectivity index (χ0v) is 8.44. The molecule has 0 saturated carbocycles. The molecule has 14 heavy (non-hydrogen) atoms. The van der Waals surface area contributed by atoms with E-state index in [0.29, 0.717) is 0 Å². The van der Waals surface area contributed by atoms with Crippen molar-refractivity contribution in [3.8, 4) is 0 Å². The predicted molar refractivity (Wildman–Crippen MR) is 50.7 cm³/mol. The van der Waals surface area contributed by atoms with Crippen molar-refractivity contribution in [2.45, 2.75) is 0 Å². The summed E-state index contributed by atoms with van der Waals surface area (Å²) in [5, 5.41) is 8.54. The van der Waals surface area contributed by atoms with Gasteiger partial charge >= 0.3 is 5.97 Å². The molecule has 0 spiro atoms. The Morgan fingerprint density at radius 3 is 2.50 bits per heavy atom. The summed E-state index contributed by atoms with van der Waals surface area (Å²) < 4.78 is 25.6. The van der Waals surface area contributed by atoms with Gasteiger partial charge in [0.2, 0.25) is 0 Å². The van der Waals surface area contributed by atoms with Crippen molar-refractivity contribution in [2.75, 3.05) is 0 Å². The predicted octanol–water partition coefficient (Wildman–Crippen LogP) is 2.83. The standard InChI is InChI=1S/C9H5BrF2O2/c1-4(9(13)14)5-2-3-6(11)7(10)8(5)12/h2-3H,1H2,(H,13,14). The Kier molecular flexibility index (Phi) is 3.00. The van der Waals surface area contributed by atoms with Crippen LogP contribution in [0.2, 0.25) is 0 Å². The molecule has 0 aromatic heterocycles. The molecule has 0 fully saturated rings. The maximum Gasteiger partial charge on any atom is 0.335 e. The summed E-state index contributed by atoms with van der Waals surface area (Å²) >= 11 is 2.66. The van der Waals surface area contributed by atoms with Crippen LogP contribution in [-0.4, -0.2) is 11.1 Å². The number of carbonyl (C=O) groups is 1. The quantitative estimate of drug-likeness (QED) is 0.658. The van der Waals surface area contributed by atoms with Crippen molar-refractivity contribution in [2.24, 2.45) is 0 Å². The van der Waals surface area contributed by atoms with E-state index < -0.39 is 27.6 Å². The lowest BCUT2D eigenvalue weighted by Gasteiger charge is -2.04. The lowest BCUT2D eigenvalue weighted by molar-refractivity contribution is -0.130. The van der Waals surface area contributed by atoms with Gasteiger partial charge in [-0.05, 0) is 28.1 Å². The maximum absolute atomic E-state index is 13.3. The van der Waals surface area contributed by atoms with Gasteiger partial charge in [0, 0.05) is 5.56 Å². The number of aliphatic carboxylic acids is 1. The van der Waals surface area contributed by atoms with Crippen LogP contribution in [0.1, 0.15) is 5.56 Å². The molecule has 1 N–H and O–H groups in total. The highest BCUT2D eigenvalue weighted by Gasteiger charge is 2.16. The SMILES string of the molecule is C=C(C(=O)O)c1ccc(F)c(Br)c1F. The number of hydrogen-bond donors (Lipinski definition) is 1. The number of rotatable bonds is 2. The Balaban J connectivity index is 3.31. The summed E-state index contributed by atoms with van der Waals surface area (Å²) in [6, 6.07) is 2.00. The normalized spacial score (nSPS) is 9.93. The molecule has 5 heteroatoms. The highest BCUT2D eigenvalue weighted by Crippen LogP contribution is 2.26. The van der Waals surface area contributed by atoms with Gasteiger partial charge in [0.25, 0.3) is 0 Å². The Labute approximate surface area is 87.0 Å². The van der Waals surface area contributed by atoms with Crippen LogP contribution in [0.4, 0.5) is 8.78 Å². The topological polar surface area (TPSA) is 37.3 Å². The lowest BCUT2D eigenvalue weighted by Crippen LogP contribution is -2.01. The average Bonchev–Trinajstić information content (AvgIpc) is 2.13. The van der Waals surface area contributed by atoms with E-state index in [0.717, 1.165) is 12.1 Å². The van der Waals surface area contributed by atoms with Gasteiger partial charge < -0.3 is 5.11 Å². The van der Waals surface area contributed by atoms with E-state index in [2.05, 4.69) is 22.5 Å². The Morgan fingerprint density at radius 2 is 2.00 bits per heavy atom. The van der Waals surface area contributed by atoms with Crippen molar-refractivity contribution in [1.29, 1.82) is 0 Å². The lowest BCUT2D eigenvalue weighted by atomic mass is 10.1. The van der Waals surface area contributed by atoms with Gasteiger partial charge in [-0.3, -0.25) is 0 Å². The van der Waals surface area contributed by atoms with Crippen LogP contribution >= 0.6 is 15.9 Å². The van der Waals surface area contributed by atoms with Gasteiger partial charge in [-0.15, -0.1) is 0 Å². The van der Waals surface area contributed by atoms with Crippen molar-refractivity contribution >= 4 is 27.5 Å². The minimum Gasteiger partial charge on any atom is -0.478 e. The van der Waals surface area contributed by atoms with Gasteiger partial charge in [-0.2, -0.15) is 0 Å². The van der Waals surface area contributed by atoms with E-state index in [-0.39, 0.29) is 5.56 Å². The van der Waals surface area contributed by atoms with E-state index in [1.54, 1.807) is 0 Å². The first-order valence-electron chi connectivity index (χ1n) is 3.51. The number of benzene rings is 1. The Morgan fingerprint density at radius 1 is 1.43 bits per heavy atom. The summed E-state index contributed by atoms with van der Waals surface area (Å²) in [6.45, 7) is 3.17. The minimum atomic E-state index is -1.34. The van der Waals surface area contributed by atoms with Gasteiger partial charge in [0.1, 0.15) is 11.6 Å². The molecule has 0 aliphatic heterocycles. The molecule has 0 bridgehead atoms. The molecule has 2 nitrogen and oxygen atoms in total. The fraction of sp³-hybridized carbons (Fsp3) is 0. The summed E-state index contributed by atoms with van der Waals surface area (Å²) in [6.07, 6.45) is 0. The first-order valence-corrected chi connectivity index (χ1v) is 4.30. The van der Waals surface area contributed by atoms with E-state index >= 15 is 0 Å². The van der Waals surface area contributed by atoms with Crippen LogP contribution in [0.25, 0.3) is 5.57 Å². The summed E-state index contributed by atoms with van der Waals surface area (Å²) in [7, 11) is 0. The van der Waals surface area contributed by atoms with Gasteiger partial charge in [-0.1, -0.05) is 6.58 Å². The van der Waals surface area contributed by atoms with Crippen LogP contribution in [-0.2, 0) is 4.79 Å². The molecule has 1 rings (SSSR count). The number of halogens is 3. The van der Waals surface area contributed by atoms with Gasteiger partial charge in [-0.25, -0.2) is 13.6 Å². The zero-order chi connectivity index (χ0) is 10.9. The second-order valence-electron chi connectivity index (χ2n) is 2.51. The molecule has 0 radical (unpaired) electrons. The monoisotopic (exact) mass is 262 g/mol. The molecule has 74 valence electrons. The summed E-state index contributed by atoms with van der Waals surface area (Å²) in [4.78, 5) is 10.5. The largest absolute Gasteiger partial charge is 0.478 e. The first-order chi connectivity index (χ1) is 6.45. The molecule has 0 atom stereocenters. The van der Waals surface area contributed by atoms with Crippen molar-refractivity contribution in [3.63, 3.8) is 0 Å². The third kappa shape index (κ3) is 1.82. The van der Waals surface area contributed by atoms with E-state index in [1.165, 1.54) is 0 Å². The van der Waals surface area contributed by atoms with E-state index in [9.17, 15) is 13.6 Å². The number of carboxylic acids is 1. The molecule has 1 aromatic rings. The van der Waals surface area contributed by atoms with Crippen LogP contribution in [0, 0.1) is 11.6 Å². The van der Waals surface area contributed by atoms with Gasteiger partial charge in [0.05, 0.1) is 10.0 Å². The second-order valence-corrected chi connectivity index (χ2v) is 3.30. The number of hydrogen-bond acceptors (Lipinski definition) is 1. The molecule has 1 aromatic carbocycles. The fourth-order valence-electron chi connectivity index (χ4n) is 0.874. The number of carboxylic acid groups (broad SMARTS) is 1. The highest BCUT2D eigenvalue weighted by molar-refractivity contribution is 9.10. The molecule has 0 unspecified atom stereocenters. The minimum absolute atomic E-state index is 0.231. The third-order valence-electron chi connectivity index (χ3n) is 1.62. The van der Waals surface area contributed by atoms with Crippen molar-refractivity contribution in [1.82, 2.24) is 0 Å². The Hall–Kier alpha value is -1.23. The summed E-state index contributed by atoms with van der Waals surface area (Å²) in [5.74, 6) is -3.09. The smallest absolute Gasteiger partial charge is 0.335 e. The van der Waals surface area contributed by atoms with Crippen molar-refractivity contribution in [3.05, 3.63) is 40.4 Å². The highest BCUT2D eigenvalue weighted by atomic mass is 79.9. The van der Waals surface area contributed by atoms with E-state index in [1.807, 2.05) is 0 Å². The average molecular weight is 263 g/mol. The molecule has 0 saturated heterocycles. The molecule has 0 heterocycles. The fourth-order valence-corrected chi connectivity index (χ4v) is 1.22. The Bertz CT molecular complexity index is 416. The van der Waals surface area contributed by atoms with Crippen molar-refractivity contribution < 1.29 is 18.7 Å². The van der Waals surface area contributed by atoms with Crippen LogP contribution in [0.3, 0.4) is 0 Å². The molecule has 0 amide bonds.